The number of carbonyl (C=O) groups excluding carboxylic acids is 2. The van der Waals surface area contributed by atoms with Crippen molar-refractivity contribution in [3.63, 3.8) is 0 Å². The number of rotatable bonds is 0. The molecule has 0 amide bonds. The minimum Gasteiger partial charge on any atom is -0.396 e. The summed E-state index contributed by atoms with van der Waals surface area (Å²) in [6.07, 6.45) is 12.1. The first-order valence-corrected chi connectivity index (χ1v) is 7.69. The lowest BCUT2D eigenvalue weighted by Crippen LogP contribution is -2.50. The highest BCUT2D eigenvalue weighted by Crippen LogP contribution is 2.60. The molecule has 0 radical (unpaired) electrons. The highest BCUT2D eigenvalue weighted by atomic mass is 16.1. The van der Waals surface area contributed by atoms with Crippen molar-refractivity contribution in [3.8, 4) is 18.4 Å². The topological polar surface area (TPSA) is 83.9 Å². The molecule has 4 atom stereocenters. The van der Waals surface area contributed by atoms with Crippen molar-refractivity contribution in [2.45, 2.75) is 26.7 Å². The Morgan fingerprint density at radius 1 is 1.39 bits per heavy atom. The van der Waals surface area contributed by atoms with Gasteiger partial charge in [-0.2, -0.15) is 5.26 Å². The number of terminal acetylenes is 1. The van der Waals surface area contributed by atoms with E-state index in [4.69, 9.17) is 17.4 Å². The molecule has 4 nitrogen and oxygen atoms in total. The van der Waals surface area contributed by atoms with Crippen molar-refractivity contribution in [2.24, 2.45) is 28.4 Å². The second kappa shape index (κ2) is 4.70. The van der Waals surface area contributed by atoms with Crippen LogP contribution < -0.4 is 5.73 Å². The quantitative estimate of drug-likeness (QED) is 0.694. The summed E-state index contributed by atoms with van der Waals surface area (Å²) in [7, 11) is 0. The Bertz CT molecular complexity index is 802. The number of nitriles is 1. The molecule has 3 rings (SSSR count). The van der Waals surface area contributed by atoms with Crippen LogP contribution >= 0.6 is 0 Å². The van der Waals surface area contributed by atoms with Crippen LogP contribution in [-0.4, -0.2) is 11.6 Å². The minimum absolute atomic E-state index is 0.0447. The summed E-state index contributed by atoms with van der Waals surface area (Å²) in [5.74, 6) is 2.27. The third-order valence-electron chi connectivity index (χ3n) is 5.75. The molecule has 2 N–H and O–H groups in total. The molecule has 116 valence electrons. The molecule has 0 bridgehead atoms. The van der Waals surface area contributed by atoms with Gasteiger partial charge in [0.25, 0.3) is 0 Å². The maximum Gasteiger partial charge on any atom is 0.196 e. The monoisotopic (exact) mass is 306 g/mol. The van der Waals surface area contributed by atoms with Crippen LogP contribution in [0.25, 0.3) is 0 Å². The van der Waals surface area contributed by atoms with Gasteiger partial charge in [0, 0.05) is 11.3 Å². The van der Waals surface area contributed by atoms with Gasteiger partial charge in [-0.3, -0.25) is 9.59 Å². The second-order valence-electron chi connectivity index (χ2n) is 6.89. The first-order valence-electron chi connectivity index (χ1n) is 7.69. The SMILES string of the molecule is C#CC12C=C(C#N)C(=O)C=C1C1(C)C=C(N)C(=O)C(C)C1CC2. The number of fused-ring (bicyclic) bond motifs is 3. The molecule has 4 heteroatoms. The van der Waals surface area contributed by atoms with E-state index in [1.165, 1.54) is 6.08 Å². The van der Waals surface area contributed by atoms with Crippen molar-refractivity contribution >= 4 is 11.6 Å². The molecule has 1 fully saturated rings. The highest BCUT2D eigenvalue weighted by molar-refractivity contribution is 6.09. The molecule has 0 aromatic carbocycles. The van der Waals surface area contributed by atoms with E-state index in [1.807, 2.05) is 19.9 Å². The predicted octanol–water partition coefficient (Wildman–Crippen LogP) is 2.04. The molecule has 23 heavy (non-hydrogen) atoms. The molecular weight excluding hydrogens is 288 g/mol. The summed E-state index contributed by atoms with van der Waals surface area (Å²) >= 11 is 0. The Morgan fingerprint density at radius 2 is 2.09 bits per heavy atom. The Hall–Kier alpha value is -2.59. The Labute approximate surface area is 135 Å². The molecule has 4 unspecified atom stereocenters. The molecule has 0 spiro atoms. The van der Waals surface area contributed by atoms with E-state index in [-0.39, 0.29) is 34.7 Å². The van der Waals surface area contributed by atoms with Crippen LogP contribution in [0, 0.1) is 46.3 Å². The van der Waals surface area contributed by atoms with Crippen LogP contribution in [0.2, 0.25) is 0 Å². The molecular formula is C19H18N2O2. The molecule has 0 aromatic rings. The van der Waals surface area contributed by atoms with E-state index in [0.29, 0.717) is 6.42 Å². The lowest BCUT2D eigenvalue weighted by atomic mass is 9.49. The zero-order valence-corrected chi connectivity index (χ0v) is 13.2. The Morgan fingerprint density at radius 3 is 2.70 bits per heavy atom. The number of allylic oxidation sites excluding steroid dienone is 6. The molecule has 0 aromatic heterocycles. The molecule has 1 saturated carbocycles. The second-order valence-corrected chi connectivity index (χ2v) is 6.89. The van der Waals surface area contributed by atoms with Crippen LogP contribution in [0.5, 0.6) is 0 Å². The van der Waals surface area contributed by atoms with Crippen LogP contribution in [0.3, 0.4) is 0 Å². The first kappa shape index (κ1) is 15.3. The maximum absolute atomic E-state index is 12.2. The summed E-state index contributed by atoms with van der Waals surface area (Å²) in [5.41, 5.74) is 5.74. The molecule has 3 aliphatic carbocycles. The molecule has 3 aliphatic rings. The van der Waals surface area contributed by atoms with Crippen molar-refractivity contribution in [1.82, 2.24) is 0 Å². The summed E-state index contributed by atoms with van der Waals surface area (Å²) in [4.78, 5) is 24.4. The average Bonchev–Trinajstić information content (AvgIpc) is 2.53. The fourth-order valence-electron chi connectivity index (χ4n) is 4.53. The minimum atomic E-state index is -0.749. The van der Waals surface area contributed by atoms with Gasteiger partial charge in [0.2, 0.25) is 0 Å². The van der Waals surface area contributed by atoms with Crippen LogP contribution in [-0.2, 0) is 9.59 Å². The lowest BCUT2D eigenvalue weighted by molar-refractivity contribution is -0.123. The average molecular weight is 306 g/mol. The van der Waals surface area contributed by atoms with Gasteiger partial charge in [-0.25, -0.2) is 0 Å². The number of hydrogen-bond acceptors (Lipinski definition) is 4. The maximum atomic E-state index is 12.2. The smallest absolute Gasteiger partial charge is 0.196 e. The van der Waals surface area contributed by atoms with E-state index in [0.717, 1.165) is 12.0 Å². The largest absolute Gasteiger partial charge is 0.396 e. The number of hydrogen-bond donors (Lipinski definition) is 1. The normalized spacial score (nSPS) is 39.0. The summed E-state index contributed by atoms with van der Waals surface area (Å²) in [6, 6.07) is 1.93. The Balaban J connectivity index is 2.24. The van der Waals surface area contributed by atoms with Crippen molar-refractivity contribution in [2.75, 3.05) is 0 Å². The van der Waals surface area contributed by atoms with Crippen LogP contribution in [0.4, 0.5) is 0 Å². The standard InChI is InChI=1S/C19H18N2O2/c1-4-19-6-5-13-11(2)17(23)14(21)9-18(13,3)16(19)7-15(22)12(8-19)10-20/h1,7-9,11,13H,5-6,21H2,2-3H3. The molecule has 0 saturated heterocycles. The van der Waals surface area contributed by atoms with Gasteiger partial charge < -0.3 is 5.73 Å². The van der Waals surface area contributed by atoms with Crippen molar-refractivity contribution in [3.05, 3.63) is 35.1 Å². The third-order valence-corrected chi connectivity index (χ3v) is 5.75. The molecule has 0 aliphatic heterocycles. The van der Waals surface area contributed by atoms with Crippen molar-refractivity contribution in [1.29, 1.82) is 5.26 Å². The van der Waals surface area contributed by atoms with Gasteiger partial charge in [0.05, 0.1) is 16.7 Å². The number of nitrogens with two attached hydrogens (primary N) is 1. The van der Waals surface area contributed by atoms with Gasteiger partial charge in [-0.15, -0.1) is 6.42 Å². The van der Waals surface area contributed by atoms with Crippen LogP contribution in [0.1, 0.15) is 26.7 Å². The van der Waals surface area contributed by atoms with Gasteiger partial charge >= 0.3 is 0 Å². The fraction of sp³-hybridized carbons (Fsp3) is 0.421. The van der Waals surface area contributed by atoms with E-state index in [9.17, 15) is 9.59 Å². The summed E-state index contributed by atoms with van der Waals surface area (Å²) in [5, 5.41) is 9.16. The number of nitrogens with zero attached hydrogens (tertiary/aromatic N) is 1. The lowest BCUT2D eigenvalue weighted by Gasteiger charge is -2.53. The van der Waals surface area contributed by atoms with Gasteiger partial charge in [0.15, 0.2) is 11.6 Å². The van der Waals surface area contributed by atoms with E-state index in [1.54, 1.807) is 12.2 Å². The summed E-state index contributed by atoms with van der Waals surface area (Å²) < 4.78 is 0. The Kier molecular flexibility index (Phi) is 3.13. The zero-order chi connectivity index (χ0) is 17.0. The van der Waals surface area contributed by atoms with Crippen LogP contribution in [0.15, 0.2) is 35.1 Å². The van der Waals surface area contributed by atoms with E-state index in [2.05, 4.69) is 5.92 Å². The van der Waals surface area contributed by atoms with Gasteiger partial charge in [-0.05, 0) is 42.6 Å². The number of Topliss-reactive ketones (excluding diaryl/α,β-unsaturated/α-hetero) is 1. The highest BCUT2D eigenvalue weighted by Gasteiger charge is 2.55. The van der Waals surface area contributed by atoms with E-state index >= 15 is 0 Å². The number of carbonyl (C=O) groups is 2. The van der Waals surface area contributed by atoms with Crippen molar-refractivity contribution < 1.29 is 9.59 Å². The molecule has 0 heterocycles. The first-order chi connectivity index (χ1) is 10.8. The predicted molar refractivity (Wildman–Crippen MR) is 85.3 cm³/mol. The fourth-order valence-corrected chi connectivity index (χ4v) is 4.53. The van der Waals surface area contributed by atoms with Gasteiger partial charge in [-0.1, -0.05) is 19.8 Å². The number of ketones is 2. The van der Waals surface area contributed by atoms with E-state index < -0.39 is 10.8 Å². The van der Waals surface area contributed by atoms with Gasteiger partial charge in [0.1, 0.15) is 6.07 Å². The third kappa shape index (κ3) is 1.85. The summed E-state index contributed by atoms with van der Waals surface area (Å²) in [6.45, 7) is 3.87. The zero-order valence-electron chi connectivity index (χ0n) is 13.2.